The molecule has 0 heterocycles. The van der Waals surface area contributed by atoms with Crippen molar-refractivity contribution in [3.05, 3.63) is 0 Å². The molecule has 1 atom stereocenters. The second-order valence-electron chi connectivity index (χ2n) is 3.73. The van der Waals surface area contributed by atoms with E-state index in [4.69, 9.17) is 4.89 Å². The molecule has 84 valence electrons. The van der Waals surface area contributed by atoms with Gasteiger partial charge in [0, 0.05) is 6.42 Å². The Morgan fingerprint density at radius 2 is 2.07 bits per heavy atom. The molecule has 14 heavy (non-hydrogen) atoms. The molecule has 0 fully saturated rings. The first-order valence-electron chi connectivity index (χ1n) is 4.89. The summed E-state index contributed by atoms with van der Waals surface area (Å²) in [5, 5.41) is 0. The summed E-state index contributed by atoms with van der Waals surface area (Å²) in [6, 6.07) is 0. The number of rotatable bonds is 8. The summed E-state index contributed by atoms with van der Waals surface area (Å²) in [5.41, 5.74) is 0. The number of hydrogen-bond donors (Lipinski definition) is 1. The van der Waals surface area contributed by atoms with Gasteiger partial charge in [-0.05, 0) is 12.3 Å². The van der Waals surface area contributed by atoms with E-state index in [1.807, 2.05) is 0 Å². The van der Waals surface area contributed by atoms with Crippen LogP contribution in [0.15, 0.2) is 0 Å². The molecule has 0 radical (unpaired) electrons. The standard InChI is InChI=1S/C9H19O4P/c1-8(2)5-3-4-6-9(10)7-13-14(11)12/h8,14H,3-7H2,1-2H3,(H,11,12). The van der Waals surface area contributed by atoms with Crippen LogP contribution < -0.4 is 0 Å². The van der Waals surface area contributed by atoms with Crippen LogP contribution in [0.4, 0.5) is 0 Å². The van der Waals surface area contributed by atoms with Gasteiger partial charge in [-0.25, -0.2) is 0 Å². The topological polar surface area (TPSA) is 63.6 Å². The maximum absolute atomic E-state index is 11.0. The van der Waals surface area contributed by atoms with Crippen LogP contribution in [0, 0.1) is 5.92 Å². The molecule has 0 aliphatic heterocycles. The van der Waals surface area contributed by atoms with Gasteiger partial charge >= 0.3 is 8.25 Å². The highest BCUT2D eigenvalue weighted by molar-refractivity contribution is 7.32. The third-order valence-corrected chi connectivity index (χ3v) is 2.24. The van der Waals surface area contributed by atoms with Crippen molar-refractivity contribution in [2.45, 2.75) is 39.5 Å². The molecule has 0 saturated carbocycles. The molecule has 4 nitrogen and oxygen atoms in total. The van der Waals surface area contributed by atoms with Crippen LogP contribution in [0.2, 0.25) is 0 Å². The Morgan fingerprint density at radius 1 is 1.43 bits per heavy atom. The SMILES string of the molecule is CC(C)CCCCC(=O)CO[PH](=O)O. The Kier molecular flexibility index (Phi) is 8.05. The summed E-state index contributed by atoms with van der Waals surface area (Å²) in [4.78, 5) is 19.4. The molecule has 0 amide bonds. The van der Waals surface area contributed by atoms with Gasteiger partial charge in [0.2, 0.25) is 0 Å². The summed E-state index contributed by atoms with van der Waals surface area (Å²) in [5.74, 6) is 0.566. The van der Waals surface area contributed by atoms with Crippen molar-refractivity contribution in [2.75, 3.05) is 6.61 Å². The fourth-order valence-corrected chi connectivity index (χ4v) is 1.37. The Hall–Kier alpha value is -0.180. The van der Waals surface area contributed by atoms with Crippen LogP contribution in [-0.4, -0.2) is 17.3 Å². The first-order chi connectivity index (χ1) is 6.52. The van der Waals surface area contributed by atoms with E-state index >= 15 is 0 Å². The predicted octanol–water partition coefficient (Wildman–Crippen LogP) is 2.17. The lowest BCUT2D eigenvalue weighted by molar-refractivity contribution is -0.121. The van der Waals surface area contributed by atoms with Gasteiger partial charge in [0.1, 0.15) is 6.61 Å². The van der Waals surface area contributed by atoms with Crippen molar-refractivity contribution in [3.63, 3.8) is 0 Å². The zero-order valence-electron chi connectivity index (χ0n) is 8.78. The number of ketones is 1. The van der Waals surface area contributed by atoms with Crippen LogP contribution in [0.5, 0.6) is 0 Å². The summed E-state index contributed by atoms with van der Waals surface area (Å²) < 4.78 is 14.5. The van der Waals surface area contributed by atoms with Crippen molar-refractivity contribution in [1.29, 1.82) is 0 Å². The highest BCUT2D eigenvalue weighted by Gasteiger charge is 2.03. The van der Waals surface area contributed by atoms with E-state index in [0.717, 1.165) is 19.3 Å². The first-order valence-corrected chi connectivity index (χ1v) is 6.16. The summed E-state index contributed by atoms with van der Waals surface area (Å²) in [6.45, 7) is 4.06. The Labute approximate surface area is 85.6 Å². The maximum Gasteiger partial charge on any atom is 0.317 e. The molecule has 0 aromatic carbocycles. The largest absolute Gasteiger partial charge is 0.326 e. The second-order valence-corrected chi connectivity index (χ2v) is 4.55. The summed E-state index contributed by atoms with van der Waals surface area (Å²) in [6.07, 6.45) is 3.43. The molecule has 0 aromatic rings. The second kappa shape index (κ2) is 8.16. The number of hydrogen-bond acceptors (Lipinski definition) is 3. The Bertz CT molecular complexity index is 191. The van der Waals surface area contributed by atoms with Crippen molar-refractivity contribution < 1.29 is 18.8 Å². The minimum absolute atomic E-state index is 0.0962. The molecular formula is C9H19O4P. The molecule has 1 unspecified atom stereocenters. The minimum Gasteiger partial charge on any atom is -0.326 e. The molecular weight excluding hydrogens is 203 g/mol. The van der Waals surface area contributed by atoms with Gasteiger partial charge < -0.3 is 9.42 Å². The molecule has 0 bridgehead atoms. The quantitative estimate of drug-likeness (QED) is 0.505. The van der Waals surface area contributed by atoms with Gasteiger partial charge in [0.05, 0.1) is 0 Å². The van der Waals surface area contributed by atoms with Gasteiger partial charge in [-0.3, -0.25) is 9.36 Å². The van der Waals surface area contributed by atoms with E-state index in [0.29, 0.717) is 12.3 Å². The van der Waals surface area contributed by atoms with Crippen LogP contribution in [0.3, 0.4) is 0 Å². The zero-order chi connectivity index (χ0) is 11.0. The van der Waals surface area contributed by atoms with E-state index < -0.39 is 8.25 Å². The lowest BCUT2D eigenvalue weighted by Gasteiger charge is -2.03. The number of Topliss-reactive ketones (excluding diaryl/α,β-unsaturated/α-hetero) is 1. The summed E-state index contributed by atoms with van der Waals surface area (Å²) in [7, 11) is -2.94. The van der Waals surface area contributed by atoms with Gasteiger partial charge in [-0.1, -0.05) is 26.7 Å². The Morgan fingerprint density at radius 3 is 2.57 bits per heavy atom. The fraction of sp³-hybridized carbons (Fsp3) is 0.889. The average Bonchev–Trinajstić information content (AvgIpc) is 2.08. The monoisotopic (exact) mass is 222 g/mol. The zero-order valence-corrected chi connectivity index (χ0v) is 9.78. The average molecular weight is 222 g/mol. The molecule has 0 aliphatic rings. The van der Waals surface area contributed by atoms with E-state index in [2.05, 4.69) is 18.4 Å². The molecule has 0 rings (SSSR count). The lowest BCUT2D eigenvalue weighted by Crippen LogP contribution is -2.05. The minimum atomic E-state index is -2.94. The molecule has 0 saturated heterocycles. The van der Waals surface area contributed by atoms with Crippen LogP contribution >= 0.6 is 8.25 Å². The van der Waals surface area contributed by atoms with Gasteiger partial charge in [0.15, 0.2) is 5.78 Å². The molecule has 5 heteroatoms. The number of carbonyl (C=O) groups is 1. The fourth-order valence-electron chi connectivity index (χ4n) is 1.09. The van der Waals surface area contributed by atoms with Crippen LogP contribution in [0.25, 0.3) is 0 Å². The van der Waals surface area contributed by atoms with Gasteiger partial charge in [0.25, 0.3) is 0 Å². The Balaban J connectivity index is 3.31. The smallest absolute Gasteiger partial charge is 0.317 e. The van der Waals surface area contributed by atoms with Crippen molar-refractivity contribution in [2.24, 2.45) is 5.92 Å². The molecule has 0 aliphatic carbocycles. The van der Waals surface area contributed by atoms with E-state index in [9.17, 15) is 9.36 Å². The maximum atomic E-state index is 11.0. The highest BCUT2D eigenvalue weighted by Crippen LogP contribution is 2.14. The van der Waals surface area contributed by atoms with Gasteiger partial charge in [-0.2, -0.15) is 0 Å². The number of unbranched alkanes of at least 4 members (excludes halogenated alkanes) is 1. The molecule has 0 aromatic heterocycles. The predicted molar refractivity (Wildman–Crippen MR) is 55.5 cm³/mol. The number of carbonyl (C=O) groups excluding carboxylic acids is 1. The van der Waals surface area contributed by atoms with Crippen molar-refractivity contribution in [1.82, 2.24) is 0 Å². The van der Waals surface area contributed by atoms with E-state index in [1.54, 1.807) is 0 Å². The third kappa shape index (κ3) is 9.90. The molecule has 0 spiro atoms. The van der Waals surface area contributed by atoms with Crippen molar-refractivity contribution >= 4 is 14.0 Å². The highest BCUT2D eigenvalue weighted by atomic mass is 31.1. The van der Waals surface area contributed by atoms with E-state index in [-0.39, 0.29) is 12.4 Å². The van der Waals surface area contributed by atoms with E-state index in [1.165, 1.54) is 0 Å². The van der Waals surface area contributed by atoms with Gasteiger partial charge in [-0.15, -0.1) is 0 Å². The first kappa shape index (κ1) is 13.8. The normalized spacial score (nSPS) is 13.1. The van der Waals surface area contributed by atoms with Crippen molar-refractivity contribution in [3.8, 4) is 0 Å². The summed E-state index contributed by atoms with van der Waals surface area (Å²) >= 11 is 0. The van der Waals surface area contributed by atoms with Crippen LogP contribution in [-0.2, 0) is 13.9 Å². The third-order valence-electron chi connectivity index (χ3n) is 1.84. The lowest BCUT2D eigenvalue weighted by atomic mass is 10.0. The van der Waals surface area contributed by atoms with Crippen LogP contribution in [0.1, 0.15) is 39.5 Å². The molecule has 1 N–H and O–H groups in total.